The van der Waals surface area contributed by atoms with E-state index in [1.807, 2.05) is 6.07 Å². The number of nitrogens with one attached hydrogen (secondary N) is 1. The summed E-state index contributed by atoms with van der Waals surface area (Å²) in [5, 5.41) is 4.25. The highest BCUT2D eigenvalue weighted by molar-refractivity contribution is 5.89. The van der Waals surface area contributed by atoms with Crippen LogP contribution in [0.2, 0.25) is 0 Å². The molecule has 3 rings (SSSR count). The Morgan fingerprint density at radius 1 is 1.47 bits per heavy atom. The van der Waals surface area contributed by atoms with Crippen LogP contribution in [0, 0.1) is 5.82 Å². The van der Waals surface area contributed by atoms with E-state index in [1.54, 1.807) is 12.3 Å². The highest BCUT2D eigenvalue weighted by Crippen LogP contribution is 2.31. The SMILES string of the molecule is CCCC1CNCCN1c1cc(F)cc2ccoc12. The smallest absolute Gasteiger partial charge is 0.157 e. The molecule has 1 aliphatic heterocycles. The zero-order valence-electron chi connectivity index (χ0n) is 11.2. The normalized spacial score (nSPS) is 20.1. The van der Waals surface area contributed by atoms with E-state index >= 15 is 0 Å². The number of benzene rings is 1. The number of anilines is 1. The molecule has 1 saturated heterocycles. The predicted octanol–water partition coefficient (Wildman–Crippen LogP) is 3.15. The van der Waals surface area contributed by atoms with Gasteiger partial charge < -0.3 is 14.6 Å². The van der Waals surface area contributed by atoms with Crippen LogP contribution in [0.4, 0.5) is 10.1 Å². The van der Waals surface area contributed by atoms with E-state index in [9.17, 15) is 4.39 Å². The van der Waals surface area contributed by atoms with Gasteiger partial charge in [-0.3, -0.25) is 0 Å². The summed E-state index contributed by atoms with van der Waals surface area (Å²) in [5.74, 6) is -0.197. The molecule has 19 heavy (non-hydrogen) atoms. The maximum Gasteiger partial charge on any atom is 0.157 e. The molecular weight excluding hydrogens is 243 g/mol. The lowest BCUT2D eigenvalue weighted by molar-refractivity contribution is 0.449. The Labute approximate surface area is 112 Å². The minimum Gasteiger partial charge on any atom is -0.462 e. The number of piperazine rings is 1. The third-order valence-electron chi connectivity index (χ3n) is 3.78. The van der Waals surface area contributed by atoms with Gasteiger partial charge in [-0.1, -0.05) is 13.3 Å². The van der Waals surface area contributed by atoms with Crippen molar-refractivity contribution in [3.8, 4) is 0 Å². The van der Waals surface area contributed by atoms with Crippen LogP contribution in [-0.4, -0.2) is 25.7 Å². The summed E-state index contributed by atoms with van der Waals surface area (Å²) >= 11 is 0. The number of hydrogen-bond acceptors (Lipinski definition) is 3. The van der Waals surface area contributed by atoms with E-state index in [1.165, 1.54) is 6.07 Å². The lowest BCUT2D eigenvalue weighted by Crippen LogP contribution is -2.51. The van der Waals surface area contributed by atoms with Gasteiger partial charge in [-0.25, -0.2) is 4.39 Å². The fraction of sp³-hybridized carbons (Fsp3) is 0.467. The van der Waals surface area contributed by atoms with E-state index < -0.39 is 0 Å². The summed E-state index contributed by atoms with van der Waals surface area (Å²) in [6.07, 6.45) is 3.86. The molecule has 1 fully saturated rings. The zero-order chi connectivity index (χ0) is 13.2. The summed E-state index contributed by atoms with van der Waals surface area (Å²) in [5.41, 5.74) is 1.68. The largest absolute Gasteiger partial charge is 0.462 e. The van der Waals surface area contributed by atoms with Crippen LogP contribution in [0.5, 0.6) is 0 Å². The molecule has 0 aliphatic carbocycles. The number of fused-ring (bicyclic) bond motifs is 1. The van der Waals surface area contributed by atoms with Gasteiger partial charge in [0.25, 0.3) is 0 Å². The van der Waals surface area contributed by atoms with Gasteiger partial charge in [0.15, 0.2) is 5.58 Å². The van der Waals surface area contributed by atoms with Gasteiger partial charge in [-0.05, 0) is 18.6 Å². The van der Waals surface area contributed by atoms with Crippen molar-refractivity contribution in [3.63, 3.8) is 0 Å². The van der Waals surface area contributed by atoms with Crippen molar-refractivity contribution in [2.75, 3.05) is 24.5 Å². The second-order valence-electron chi connectivity index (χ2n) is 5.10. The molecule has 2 aromatic rings. The molecule has 3 nitrogen and oxygen atoms in total. The first kappa shape index (κ1) is 12.5. The van der Waals surface area contributed by atoms with Gasteiger partial charge in [0.2, 0.25) is 0 Å². The van der Waals surface area contributed by atoms with Gasteiger partial charge in [-0.15, -0.1) is 0 Å². The van der Waals surface area contributed by atoms with Gasteiger partial charge in [0.1, 0.15) is 5.82 Å². The molecular formula is C15H19FN2O. The third kappa shape index (κ3) is 2.32. The van der Waals surface area contributed by atoms with E-state index in [2.05, 4.69) is 17.1 Å². The summed E-state index contributed by atoms with van der Waals surface area (Å²) < 4.78 is 19.3. The highest BCUT2D eigenvalue weighted by Gasteiger charge is 2.24. The third-order valence-corrected chi connectivity index (χ3v) is 3.78. The fourth-order valence-corrected chi connectivity index (χ4v) is 2.91. The van der Waals surface area contributed by atoms with Crippen molar-refractivity contribution in [3.05, 3.63) is 30.3 Å². The Bertz CT molecular complexity index is 564. The van der Waals surface area contributed by atoms with E-state index in [0.717, 1.165) is 49.1 Å². The first-order valence-corrected chi connectivity index (χ1v) is 6.93. The van der Waals surface area contributed by atoms with Crippen LogP contribution in [-0.2, 0) is 0 Å². The number of halogens is 1. The summed E-state index contributed by atoms with van der Waals surface area (Å²) in [6.45, 7) is 4.95. The molecule has 4 heteroatoms. The van der Waals surface area contributed by atoms with Gasteiger partial charge in [0, 0.05) is 37.1 Å². The van der Waals surface area contributed by atoms with E-state index in [-0.39, 0.29) is 5.82 Å². The van der Waals surface area contributed by atoms with Crippen LogP contribution in [0.25, 0.3) is 11.0 Å². The Hall–Kier alpha value is -1.55. The van der Waals surface area contributed by atoms with Crippen molar-refractivity contribution >= 4 is 16.7 Å². The molecule has 1 unspecified atom stereocenters. The van der Waals surface area contributed by atoms with E-state index in [4.69, 9.17) is 4.42 Å². The molecule has 1 aromatic carbocycles. The lowest BCUT2D eigenvalue weighted by atomic mass is 10.1. The van der Waals surface area contributed by atoms with Crippen molar-refractivity contribution in [1.82, 2.24) is 5.32 Å². The van der Waals surface area contributed by atoms with Crippen molar-refractivity contribution < 1.29 is 8.81 Å². The van der Waals surface area contributed by atoms with Crippen LogP contribution in [0.1, 0.15) is 19.8 Å². The molecule has 102 valence electrons. The molecule has 1 N–H and O–H groups in total. The first-order valence-electron chi connectivity index (χ1n) is 6.93. The Morgan fingerprint density at radius 2 is 2.37 bits per heavy atom. The Balaban J connectivity index is 2.03. The second kappa shape index (κ2) is 5.21. The standard InChI is InChI=1S/C15H19FN2O/c1-2-3-13-10-17-5-6-18(13)14-9-12(16)8-11-4-7-19-15(11)14/h4,7-9,13,17H,2-3,5-6,10H2,1H3. The minimum absolute atomic E-state index is 0.197. The first-order chi connectivity index (χ1) is 9.29. The van der Waals surface area contributed by atoms with E-state index in [0.29, 0.717) is 6.04 Å². The number of hydrogen-bond donors (Lipinski definition) is 1. The minimum atomic E-state index is -0.197. The maximum absolute atomic E-state index is 13.8. The number of rotatable bonds is 3. The Morgan fingerprint density at radius 3 is 3.21 bits per heavy atom. The molecule has 0 bridgehead atoms. The molecule has 1 atom stereocenters. The second-order valence-corrected chi connectivity index (χ2v) is 5.10. The molecule has 0 radical (unpaired) electrons. The zero-order valence-corrected chi connectivity index (χ0v) is 11.2. The van der Waals surface area contributed by atoms with Gasteiger partial charge in [-0.2, -0.15) is 0 Å². The highest BCUT2D eigenvalue weighted by atomic mass is 19.1. The summed E-state index contributed by atoms with van der Waals surface area (Å²) in [7, 11) is 0. The summed E-state index contributed by atoms with van der Waals surface area (Å²) in [6, 6.07) is 5.35. The number of nitrogens with zero attached hydrogens (tertiary/aromatic N) is 1. The molecule has 0 saturated carbocycles. The van der Waals surface area contributed by atoms with Crippen LogP contribution in [0.15, 0.2) is 28.9 Å². The van der Waals surface area contributed by atoms with Crippen molar-refractivity contribution in [1.29, 1.82) is 0 Å². The molecule has 0 spiro atoms. The lowest BCUT2D eigenvalue weighted by Gasteiger charge is -2.38. The van der Waals surface area contributed by atoms with Crippen LogP contribution >= 0.6 is 0 Å². The van der Waals surface area contributed by atoms with Gasteiger partial charge >= 0.3 is 0 Å². The monoisotopic (exact) mass is 262 g/mol. The van der Waals surface area contributed by atoms with Crippen LogP contribution in [0.3, 0.4) is 0 Å². The number of furan rings is 1. The van der Waals surface area contributed by atoms with Crippen molar-refractivity contribution in [2.45, 2.75) is 25.8 Å². The maximum atomic E-state index is 13.8. The Kier molecular flexibility index (Phi) is 3.42. The average Bonchev–Trinajstić information content (AvgIpc) is 2.87. The summed E-state index contributed by atoms with van der Waals surface area (Å²) in [4.78, 5) is 2.29. The molecule has 1 aliphatic rings. The van der Waals surface area contributed by atoms with Crippen molar-refractivity contribution in [2.24, 2.45) is 0 Å². The molecule has 0 amide bonds. The average molecular weight is 262 g/mol. The molecule has 2 heterocycles. The van der Waals surface area contributed by atoms with Crippen LogP contribution < -0.4 is 10.2 Å². The van der Waals surface area contributed by atoms with Gasteiger partial charge in [0.05, 0.1) is 12.0 Å². The molecule has 1 aromatic heterocycles. The fourth-order valence-electron chi connectivity index (χ4n) is 2.91. The topological polar surface area (TPSA) is 28.4 Å². The predicted molar refractivity (Wildman–Crippen MR) is 75.1 cm³/mol. The quantitative estimate of drug-likeness (QED) is 0.921.